The molecule has 416 valence electrons. The monoisotopic (exact) mass is 1060 g/mol. The van der Waals surface area contributed by atoms with E-state index in [9.17, 15) is 23.2 Å². The zero-order valence-electron chi connectivity index (χ0n) is 44.7. The number of rotatable bonds is 34. The van der Waals surface area contributed by atoms with E-state index in [2.05, 4.69) is 54.3 Å². The number of ether oxygens (including phenoxy) is 5. The fourth-order valence-corrected chi connectivity index (χ4v) is 11.3. The normalized spacial score (nSPS) is 20.0. The van der Waals surface area contributed by atoms with Crippen molar-refractivity contribution in [3.05, 3.63) is 89.3 Å². The van der Waals surface area contributed by atoms with Gasteiger partial charge in [-0.2, -0.15) is 0 Å². The van der Waals surface area contributed by atoms with E-state index < -0.39 is 5.92 Å². The van der Waals surface area contributed by atoms with Crippen molar-refractivity contribution in [2.75, 3.05) is 65.9 Å². The van der Waals surface area contributed by atoms with Gasteiger partial charge in [0.2, 0.25) is 17.7 Å². The number of piperidine rings is 1. The van der Waals surface area contributed by atoms with Gasteiger partial charge in [-0.15, -0.1) is 15.3 Å². The molecule has 8 rings (SSSR count). The average molecular weight is 1060 g/mol. The Kier molecular flexibility index (Phi) is 22.1. The zero-order valence-corrected chi connectivity index (χ0v) is 44.7. The molecule has 1 saturated carbocycles. The van der Waals surface area contributed by atoms with E-state index in [0.29, 0.717) is 102 Å². The Bertz CT molecular complexity index is 2360. The third-order valence-corrected chi connectivity index (χ3v) is 15.6. The number of imide groups is 1. The summed E-state index contributed by atoms with van der Waals surface area (Å²) in [5.41, 5.74) is 2.35. The number of nitrogens with zero attached hydrogens (tertiary/aromatic N) is 8. The van der Waals surface area contributed by atoms with Crippen LogP contribution in [0.4, 0.5) is 8.78 Å². The van der Waals surface area contributed by atoms with Crippen LogP contribution in [0.15, 0.2) is 60.8 Å². The summed E-state index contributed by atoms with van der Waals surface area (Å²) >= 11 is 0. The molecule has 3 aliphatic heterocycles. The van der Waals surface area contributed by atoms with E-state index in [0.717, 1.165) is 74.5 Å². The molecule has 76 heavy (non-hydrogen) atoms. The van der Waals surface area contributed by atoms with Crippen molar-refractivity contribution < 1.29 is 46.8 Å². The second-order valence-corrected chi connectivity index (χ2v) is 21.1. The van der Waals surface area contributed by atoms with Crippen LogP contribution in [-0.4, -0.2) is 141 Å². The predicted octanol–water partition coefficient (Wildman–Crippen LogP) is 8.80. The van der Waals surface area contributed by atoms with Gasteiger partial charge in [-0.05, 0) is 94.5 Å². The molecule has 2 bridgehead atoms. The molecule has 2 aromatic heterocycles. The van der Waals surface area contributed by atoms with E-state index in [1.165, 1.54) is 56.3 Å². The van der Waals surface area contributed by atoms with Crippen molar-refractivity contribution in [3.63, 3.8) is 0 Å². The highest BCUT2D eigenvalue weighted by atomic mass is 19.3. The number of carbonyl (C=O) groups excluding carboxylic acids is 3. The third-order valence-electron chi connectivity index (χ3n) is 15.6. The predicted molar refractivity (Wildman–Crippen MR) is 281 cm³/mol. The largest absolute Gasteiger partial charge is 0.491 e. The molecular weight excluding hydrogens is 977 g/mol. The summed E-state index contributed by atoms with van der Waals surface area (Å²) in [6.07, 6.45) is 18.2. The number of carbonyl (C=O) groups is 3. The standard InChI is InChI=1S/C57H81F2N9O8/c1-43-61-63-53(68(43)50-39-48-18-19-49(40-50)66(48)29-24-52(44-13-9-8-10-14-44)60-55(70)45-22-26-57(58,59)27-23-45)15-11-6-4-2-3-5-7-12-28-65-41-47(62-64-65)42-75-36-35-73-32-31-72-33-34-74-37-38-76-51-20-16-46(17-21-51)56(71)67-30-25-54(67)69/h8-10,13-14,16-17,20-21,41,45,48-50,52H,2-7,11-12,15,18-19,22-40,42H2,1H3,(H,60,70). The van der Waals surface area contributed by atoms with Gasteiger partial charge in [0.25, 0.3) is 5.91 Å². The summed E-state index contributed by atoms with van der Waals surface area (Å²) in [5.74, 6) is -0.729. The van der Waals surface area contributed by atoms with Crippen molar-refractivity contribution in [1.82, 2.24) is 44.9 Å². The molecule has 0 spiro atoms. The van der Waals surface area contributed by atoms with Crippen LogP contribution in [0.2, 0.25) is 0 Å². The summed E-state index contributed by atoms with van der Waals surface area (Å²) < 4.78 is 60.2. The first-order valence-electron chi connectivity index (χ1n) is 28.3. The second kappa shape index (κ2) is 29.5. The Morgan fingerprint density at radius 2 is 1.36 bits per heavy atom. The Balaban J connectivity index is 0.602. The summed E-state index contributed by atoms with van der Waals surface area (Å²) in [6, 6.07) is 18.1. The molecule has 3 saturated heterocycles. The molecule has 1 aliphatic carbocycles. The SMILES string of the molecule is Cc1nnc(CCCCCCCCCCn2cc(COCCOCCOCCOCCOc3ccc(C(=O)N4CCC4=O)cc3)nn2)n1C1CC2CCC(C1)N2CCC(NC(=O)C1CCC(F)(F)CC1)c1ccccc1. The minimum Gasteiger partial charge on any atom is -0.491 e. The summed E-state index contributed by atoms with van der Waals surface area (Å²) in [7, 11) is 0. The molecular formula is C57H81F2N9O8. The topological polar surface area (TPSA) is 177 Å². The zero-order chi connectivity index (χ0) is 53.0. The third kappa shape index (κ3) is 17.1. The Hall–Kier alpha value is -5.21. The van der Waals surface area contributed by atoms with Gasteiger partial charge in [-0.25, -0.2) is 8.78 Å². The van der Waals surface area contributed by atoms with Crippen LogP contribution in [0, 0.1) is 12.8 Å². The number of alkyl halides is 2. The fraction of sp³-hybridized carbons (Fsp3) is 0.667. The first-order valence-corrected chi connectivity index (χ1v) is 28.3. The molecule has 3 unspecified atom stereocenters. The Labute approximate surface area is 447 Å². The van der Waals surface area contributed by atoms with E-state index in [4.69, 9.17) is 23.7 Å². The van der Waals surface area contributed by atoms with Crippen LogP contribution >= 0.6 is 0 Å². The Morgan fingerprint density at radius 3 is 2.00 bits per heavy atom. The van der Waals surface area contributed by atoms with Crippen LogP contribution in [0.3, 0.4) is 0 Å². The van der Waals surface area contributed by atoms with Gasteiger partial charge in [-0.1, -0.05) is 74.1 Å². The quantitative estimate of drug-likeness (QED) is 0.0267. The number of aryl methyl sites for hydroxylation is 3. The molecule has 3 atom stereocenters. The van der Waals surface area contributed by atoms with E-state index >= 15 is 0 Å². The molecule has 5 heterocycles. The lowest BCUT2D eigenvalue weighted by Crippen LogP contribution is -2.47. The number of hydrogen-bond acceptors (Lipinski definition) is 13. The molecule has 4 aliphatic rings. The van der Waals surface area contributed by atoms with Gasteiger partial charge >= 0.3 is 0 Å². The van der Waals surface area contributed by atoms with Gasteiger partial charge in [-0.3, -0.25) is 28.9 Å². The lowest BCUT2D eigenvalue weighted by atomic mass is 9.86. The lowest BCUT2D eigenvalue weighted by Gasteiger charge is -2.40. The molecule has 17 nitrogen and oxygen atoms in total. The number of halogens is 2. The average Bonchev–Trinajstić information content (AvgIpc) is 4.11. The number of amides is 3. The first kappa shape index (κ1) is 57.0. The van der Waals surface area contributed by atoms with Gasteiger partial charge < -0.3 is 33.6 Å². The number of unbranched alkanes of at least 4 members (excludes halogenated alkanes) is 7. The fourth-order valence-electron chi connectivity index (χ4n) is 11.3. The maximum atomic E-state index is 13.8. The molecule has 0 radical (unpaired) electrons. The number of likely N-dealkylation sites (tertiary alicyclic amines) is 1. The number of hydrogen-bond donors (Lipinski definition) is 1. The van der Waals surface area contributed by atoms with Crippen LogP contribution in [-0.2, 0) is 48.1 Å². The highest BCUT2D eigenvalue weighted by Gasteiger charge is 2.43. The van der Waals surface area contributed by atoms with Crippen molar-refractivity contribution in [2.45, 2.75) is 172 Å². The van der Waals surface area contributed by atoms with Crippen molar-refractivity contribution in [2.24, 2.45) is 5.92 Å². The maximum absolute atomic E-state index is 13.8. The number of β-lactam (4-membered cyclic amide) rings is 1. The van der Waals surface area contributed by atoms with Gasteiger partial charge in [0.15, 0.2) is 0 Å². The number of aromatic nitrogens is 6. The van der Waals surface area contributed by atoms with Crippen LogP contribution in [0.25, 0.3) is 0 Å². The van der Waals surface area contributed by atoms with E-state index in [1.807, 2.05) is 29.1 Å². The number of nitrogens with one attached hydrogen (secondary N) is 1. The lowest BCUT2D eigenvalue weighted by molar-refractivity contribution is -0.136. The van der Waals surface area contributed by atoms with Crippen LogP contribution in [0.5, 0.6) is 5.75 Å². The van der Waals surface area contributed by atoms with Crippen molar-refractivity contribution in [1.29, 1.82) is 0 Å². The highest BCUT2D eigenvalue weighted by molar-refractivity contribution is 6.07. The van der Waals surface area contributed by atoms with Crippen molar-refractivity contribution in [3.8, 4) is 5.75 Å². The number of fused-ring (bicyclic) bond motifs is 2. The molecule has 4 fully saturated rings. The number of benzene rings is 2. The van der Waals surface area contributed by atoms with Crippen molar-refractivity contribution >= 4 is 17.7 Å². The van der Waals surface area contributed by atoms with Crippen LogP contribution < -0.4 is 10.1 Å². The minimum atomic E-state index is -2.65. The van der Waals surface area contributed by atoms with Gasteiger partial charge in [0, 0.05) is 74.9 Å². The summed E-state index contributed by atoms with van der Waals surface area (Å²) in [4.78, 5) is 41.0. The second-order valence-electron chi connectivity index (χ2n) is 21.1. The van der Waals surface area contributed by atoms with Crippen LogP contribution in [0.1, 0.15) is 161 Å². The van der Waals surface area contributed by atoms with Gasteiger partial charge in [0.1, 0.15) is 29.7 Å². The maximum Gasteiger partial charge on any atom is 0.260 e. The molecule has 1 N–H and O–H groups in total. The molecule has 19 heteroatoms. The Morgan fingerprint density at radius 1 is 0.724 bits per heavy atom. The first-order chi connectivity index (χ1) is 37.1. The molecule has 2 aromatic carbocycles. The van der Waals surface area contributed by atoms with E-state index in [-0.39, 0.29) is 55.4 Å². The smallest absolute Gasteiger partial charge is 0.260 e. The highest BCUT2D eigenvalue weighted by Crippen LogP contribution is 2.42. The minimum absolute atomic E-state index is 0.0855. The van der Waals surface area contributed by atoms with E-state index in [1.54, 1.807) is 24.3 Å². The molecule has 4 aromatic rings. The van der Waals surface area contributed by atoms with Gasteiger partial charge in [0.05, 0.1) is 65.1 Å². The molecule has 3 amide bonds. The summed E-state index contributed by atoms with van der Waals surface area (Å²) in [5, 5.41) is 21.1. The summed E-state index contributed by atoms with van der Waals surface area (Å²) in [6.45, 7) is 8.22.